The van der Waals surface area contributed by atoms with Gasteiger partial charge in [-0.3, -0.25) is 14.6 Å². The molecular formula is C14H16F3N3O3. The first kappa shape index (κ1) is 17.2. The van der Waals surface area contributed by atoms with E-state index >= 15 is 0 Å². The summed E-state index contributed by atoms with van der Waals surface area (Å²) in [7, 11) is 1.33. The van der Waals surface area contributed by atoms with Crippen molar-refractivity contribution in [2.45, 2.75) is 24.6 Å². The molecule has 23 heavy (non-hydrogen) atoms. The van der Waals surface area contributed by atoms with Crippen molar-refractivity contribution in [3.05, 3.63) is 29.6 Å². The van der Waals surface area contributed by atoms with Crippen LogP contribution in [-0.4, -0.2) is 47.5 Å². The Hall–Kier alpha value is -2.16. The second kappa shape index (κ2) is 6.15. The van der Waals surface area contributed by atoms with Crippen LogP contribution in [0.5, 0.6) is 0 Å². The van der Waals surface area contributed by atoms with Gasteiger partial charge in [-0.1, -0.05) is 0 Å². The van der Waals surface area contributed by atoms with Crippen LogP contribution >= 0.6 is 0 Å². The van der Waals surface area contributed by atoms with Crippen molar-refractivity contribution in [2.24, 2.45) is 5.73 Å². The van der Waals surface area contributed by atoms with Gasteiger partial charge in [-0.05, 0) is 25.0 Å². The van der Waals surface area contributed by atoms with Crippen molar-refractivity contribution in [3.63, 3.8) is 0 Å². The molecular weight excluding hydrogens is 315 g/mol. The van der Waals surface area contributed by atoms with Gasteiger partial charge in [0.2, 0.25) is 5.91 Å². The molecule has 1 aliphatic rings. The zero-order chi connectivity index (χ0) is 17.3. The molecule has 2 N–H and O–H groups in total. The SMILES string of the molecule is COCC1(C(N)=O)CCCN1C(=O)c1ncccc1C(F)(F)F. The normalized spacial score (nSPS) is 21.5. The van der Waals surface area contributed by atoms with Gasteiger partial charge in [-0.2, -0.15) is 13.2 Å². The maximum absolute atomic E-state index is 13.1. The minimum absolute atomic E-state index is 0.110. The number of nitrogens with two attached hydrogens (primary N) is 1. The van der Waals surface area contributed by atoms with Crippen molar-refractivity contribution >= 4 is 11.8 Å². The molecule has 1 atom stereocenters. The highest BCUT2D eigenvalue weighted by atomic mass is 19.4. The van der Waals surface area contributed by atoms with Crippen LogP contribution in [0.25, 0.3) is 0 Å². The average Bonchev–Trinajstić information content (AvgIpc) is 2.91. The number of rotatable bonds is 4. The van der Waals surface area contributed by atoms with Crippen molar-refractivity contribution in [3.8, 4) is 0 Å². The summed E-state index contributed by atoms with van der Waals surface area (Å²) in [5.74, 6) is -1.79. The summed E-state index contributed by atoms with van der Waals surface area (Å²) in [5, 5.41) is 0. The number of hydrogen-bond acceptors (Lipinski definition) is 4. The zero-order valence-electron chi connectivity index (χ0n) is 12.4. The summed E-state index contributed by atoms with van der Waals surface area (Å²) in [6, 6.07) is 1.87. The predicted octanol–water partition coefficient (Wildman–Crippen LogP) is 1.21. The van der Waals surface area contributed by atoms with Crippen LogP contribution in [0, 0.1) is 0 Å². The van der Waals surface area contributed by atoms with E-state index in [-0.39, 0.29) is 19.6 Å². The molecule has 2 amide bonds. The van der Waals surface area contributed by atoms with Gasteiger partial charge in [0, 0.05) is 19.9 Å². The molecule has 0 saturated carbocycles. The van der Waals surface area contributed by atoms with Crippen LogP contribution in [0.3, 0.4) is 0 Å². The van der Waals surface area contributed by atoms with E-state index in [9.17, 15) is 22.8 Å². The molecule has 2 heterocycles. The Morgan fingerprint density at radius 2 is 2.17 bits per heavy atom. The fourth-order valence-corrected chi connectivity index (χ4v) is 2.82. The minimum Gasteiger partial charge on any atom is -0.382 e. The number of nitrogens with zero attached hydrogens (tertiary/aromatic N) is 2. The second-order valence-corrected chi connectivity index (χ2v) is 5.29. The topological polar surface area (TPSA) is 85.5 Å². The third-order valence-corrected chi connectivity index (χ3v) is 3.89. The largest absolute Gasteiger partial charge is 0.418 e. The number of pyridine rings is 1. The van der Waals surface area contributed by atoms with E-state index in [4.69, 9.17) is 10.5 Å². The molecule has 0 aliphatic carbocycles. The number of primary amides is 1. The Morgan fingerprint density at radius 3 is 2.74 bits per heavy atom. The fraction of sp³-hybridized carbons (Fsp3) is 0.500. The molecule has 0 spiro atoms. The van der Waals surface area contributed by atoms with Gasteiger partial charge in [0.1, 0.15) is 11.2 Å². The summed E-state index contributed by atoms with van der Waals surface area (Å²) in [6.07, 6.45) is -2.96. The number of halogens is 3. The molecule has 1 fully saturated rings. The van der Waals surface area contributed by atoms with Crippen LogP contribution in [0.4, 0.5) is 13.2 Å². The van der Waals surface area contributed by atoms with Gasteiger partial charge >= 0.3 is 6.18 Å². The zero-order valence-corrected chi connectivity index (χ0v) is 12.4. The Balaban J connectivity index is 2.46. The van der Waals surface area contributed by atoms with Crippen LogP contribution < -0.4 is 5.73 Å². The van der Waals surface area contributed by atoms with Crippen molar-refractivity contribution in [1.82, 2.24) is 9.88 Å². The quantitative estimate of drug-likeness (QED) is 0.898. The minimum atomic E-state index is -4.73. The lowest BCUT2D eigenvalue weighted by atomic mass is 9.95. The van der Waals surface area contributed by atoms with Crippen LogP contribution in [0.15, 0.2) is 18.3 Å². The first-order chi connectivity index (χ1) is 10.7. The van der Waals surface area contributed by atoms with E-state index in [1.807, 2.05) is 0 Å². The second-order valence-electron chi connectivity index (χ2n) is 5.29. The number of carbonyl (C=O) groups excluding carboxylic acids is 2. The predicted molar refractivity (Wildman–Crippen MR) is 73.3 cm³/mol. The third kappa shape index (κ3) is 3.00. The summed E-state index contributed by atoms with van der Waals surface area (Å²) < 4.78 is 44.2. The highest BCUT2D eigenvalue weighted by molar-refractivity contribution is 5.99. The summed E-state index contributed by atoms with van der Waals surface area (Å²) >= 11 is 0. The van der Waals surface area contributed by atoms with Crippen molar-refractivity contribution in [1.29, 1.82) is 0 Å². The number of amides is 2. The van der Waals surface area contributed by atoms with E-state index in [0.29, 0.717) is 6.42 Å². The smallest absolute Gasteiger partial charge is 0.382 e. The molecule has 1 aromatic heterocycles. The van der Waals surface area contributed by atoms with E-state index < -0.39 is 34.8 Å². The Bertz CT molecular complexity index is 621. The van der Waals surface area contributed by atoms with Gasteiger partial charge in [-0.25, -0.2) is 0 Å². The maximum Gasteiger partial charge on any atom is 0.418 e. The molecule has 126 valence electrons. The monoisotopic (exact) mass is 331 g/mol. The molecule has 0 aromatic carbocycles. The number of alkyl halides is 3. The Labute approximate surface area is 130 Å². The van der Waals surface area contributed by atoms with E-state index in [1.165, 1.54) is 7.11 Å². The summed E-state index contributed by atoms with van der Waals surface area (Å²) in [5.41, 5.74) is 2.05. The van der Waals surface area contributed by atoms with Gasteiger partial charge in [0.25, 0.3) is 5.91 Å². The molecule has 1 unspecified atom stereocenters. The molecule has 1 aliphatic heterocycles. The van der Waals surface area contributed by atoms with Crippen LogP contribution in [0.2, 0.25) is 0 Å². The maximum atomic E-state index is 13.1. The van der Waals surface area contributed by atoms with Gasteiger partial charge in [0.05, 0.1) is 12.2 Å². The standard InChI is InChI=1S/C14H16F3N3O3/c1-23-8-13(12(18)22)5-3-7-20(13)11(21)10-9(14(15,16)17)4-2-6-19-10/h2,4,6H,3,5,7-8H2,1H3,(H2,18,22). The van der Waals surface area contributed by atoms with Gasteiger partial charge in [0.15, 0.2) is 0 Å². The molecule has 1 aromatic rings. The third-order valence-electron chi connectivity index (χ3n) is 3.89. The molecule has 0 bridgehead atoms. The molecule has 6 nitrogen and oxygen atoms in total. The number of methoxy groups -OCH3 is 1. The first-order valence-corrected chi connectivity index (χ1v) is 6.87. The van der Waals surface area contributed by atoms with Crippen molar-refractivity contribution in [2.75, 3.05) is 20.3 Å². The number of aromatic nitrogens is 1. The number of carbonyl (C=O) groups is 2. The molecule has 0 radical (unpaired) electrons. The van der Waals surface area contributed by atoms with E-state index in [1.54, 1.807) is 0 Å². The molecule has 1 saturated heterocycles. The van der Waals surface area contributed by atoms with Crippen molar-refractivity contribution < 1.29 is 27.5 Å². The first-order valence-electron chi connectivity index (χ1n) is 6.87. The Kier molecular flexibility index (Phi) is 4.60. The highest BCUT2D eigenvalue weighted by Gasteiger charge is 2.50. The fourth-order valence-electron chi connectivity index (χ4n) is 2.82. The van der Waals surface area contributed by atoms with E-state index in [0.717, 1.165) is 23.2 Å². The van der Waals surface area contributed by atoms with Crippen LogP contribution in [0.1, 0.15) is 28.9 Å². The lowest BCUT2D eigenvalue weighted by Crippen LogP contribution is -2.59. The van der Waals surface area contributed by atoms with Gasteiger partial charge < -0.3 is 15.4 Å². The number of hydrogen-bond donors (Lipinski definition) is 1. The Morgan fingerprint density at radius 1 is 1.48 bits per heavy atom. The van der Waals surface area contributed by atoms with Crippen LogP contribution in [-0.2, 0) is 15.7 Å². The highest BCUT2D eigenvalue weighted by Crippen LogP contribution is 2.35. The summed E-state index contributed by atoms with van der Waals surface area (Å²) in [4.78, 5) is 29.1. The lowest BCUT2D eigenvalue weighted by molar-refractivity contribution is -0.138. The molecule has 2 rings (SSSR count). The van der Waals surface area contributed by atoms with Gasteiger partial charge in [-0.15, -0.1) is 0 Å². The van der Waals surface area contributed by atoms with E-state index in [2.05, 4.69) is 4.98 Å². The molecule has 9 heteroatoms. The number of likely N-dealkylation sites (tertiary alicyclic amines) is 1. The summed E-state index contributed by atoms with van der Waals surface area (Å²) in [6.45, 7) is -0.0682. The lowest BCUT2D eigenvalue weighted by Gasteiger charge is -2.35. The number of ether oxygens (including phenoxy) is 1. The average molecular weight is 331 g/mol.